The van der Waals surface area contributed by atoms with Crippen LogP contribution in [0.25, 0.3) is 10.7 Å². The summed E-state index contributed by atoms with van der Waals surface area (Å²) in [6.07, 6.45) is 3.55. The van der Waals surface area contributed by atoms with Crippen molar-refractivity contribution in [2.45, 2.75) is 38.5 Å². The Hall–Kier alpha value is -2.72. The van der Waals surface area contributed by atoms with E-state index in [4.69, 9.17) is 0 Å². The number of anilines is 1. The predicted octanol–water partition coefficient (Wildman–Crippen LogP) is 3.83. The zero-order valence-electron chi connectivity index (χ0n) is 18.6. The van der Waals surface area contributed by atoms with E-state index in [9.17, 15) is 13.2 Å². The molecule has 170 valence electrons. The Labute approximate surface area is 192 Å². The first-order chi connectivity index (χ1) is 15.2. The van der Waals surface area contributed by atoms with E-state index < -0.39 is 10.0 Å². The Morgan fingerprint density at radius 3 is 2.59 bits per heavy atom. The molecule has 1 amide bonds. The number of carbonyl (C=O) groups excluding carboxylic acids is 1. The second-order valence-electron chi connectivity index (χ2n) is 8.27. The van der Waals surface area contributed by atoms with Crippen molar-refractivity contribution < 1.29 is 13.2 Å². The number of sulfonamides is 1. The van der Waals surface area contributed by atoms with E-state index in [0.717, 1.165) is 25.9 Å². The second-order valence-corrected chi connectivity index (χ2v) is 10.9. The Morgan fingerprint density at radius 1 is 1.22 bits per heavy atom. The van der Waals surface area contributed by atoms with Gasteiger partial charge >= 0.3 is 0 Å². The van der Waals surface area contributed by atoms with Gasteiger partial charge in [-0.1, -0.05) is 13.0 Å². The van der Waals surface area contributed by atoms with E-state index in [-0.39, 0.29) is 16.6 Å². The molecule has 0 radical (unpaired) electrons. The molecule has 4 heterocycles. The summed E-state index contributed by atoms with van der Waals surface area (Å²) >= 11 is 1.32. The smallest absolute Gasteiger partial charge is 0.265 e. The van der Waals surface area contributed by atoms with Gasteiger partial charge in [0.2, 0.25) is 0 Å². The number of aryl methyl sites for hydroxylation is 1. The topological polar surface area (TPSA) is 97.2 Å². The highest BCUT2D eigenvalue weighted by atomic mass is 32.2. The summed E-state index contributed by atoms with van der Waals surface area (Å²) in [6.45, 7) is 7.31. The van der Waals surface area contributed by atoms with Crippen molar-refractivity contribution in [3.63, 3.8) is 0 Å². The maximum Gasteiger partial charge on any atom is 0.265 e. The third-order valence-corrected chi connectivity index (χ3v) is 8.60. The Balaban J connectivity index is 1.64. The van der Waals surface area contributed by atoms with Gasteiger partial charge in [0.15, 0.2) is 0 Å². The second kappa shape index (κ2) is 8.67. The number of hydrogen-bond acceptors (Lipinski definition) is 6. The Bertz CT molecular complexity index is 1240. The Morgan fingerprint density at radius 2 is 1.94 bits per heavy atom. The van der Waals surface area contributed by atoms with Gasteiger partial charge in [0.1, 0.15) is 20.6 Å². The first-order valence-electron chi connectivity index (χ1n) is 10.5. The normalized spacial score (nSPS) is 15.2. The molecule has 1 aliphatic rings. The fourth-order valence-corrected chi connectivity index (χ4v) is 6.21. The summed E-state index contributed by atoms with van der Waals surface area (Å²) < 4.78 is 30.3. The molecule has 1 saturated heterocycles. The molecule has 0 atom stereocenters. The van der Waals surface area contributed by atoms with E-state index in [2.05, 4.69) is 21.6 Å². The lowest BCUT2D eigenvalue weighted by Gasteiger charge is -2.30. The highest BCUT2D eigenvalue weighted by molar-refractivity contribution is 7.92. The van der Waals surface area contributed by atoms with E-state index in [0.29, 0.717) is 32.9 Å². The maximum atomic E-state index is 13.1. The van der Waals surface area contributed by atoms with Gasteiger partial charge in [-0.15, -0.1) is 11.3 Å². The number of hydrogen-bond donors (Lipinski definition) is 1. The zero-order chi connectivity index (χ0) is 23.0. The lowest BCUT2D eigenvalue weighted by Crippen LogP contribution is -2.37. The molecule has 10 heteroatoms. The molecule has 1 aliphatic heterocycles. The van der Waals surface area contributed by atoms with Gasteiger partial charge in [0, 0.05) is 32.0 Å². The van der Waals surface area contributed by atoms with Crippen LogP contribution >= 0.6 is 11.3 Å². The number of rotatable bonds is 5. The average Bonchev–Trinajstić information content (AvgIpc) is 3.29. The zero-order valence-corrected chi connectivity index (χ0v) is 20.3. The Kier molecular flexibility index (Phi) is 6.09. The number of likely N-dealkylation sites (tertiary alicyclic amines) is 1. The number of amides is 1. The number of nitrogens with zero attached hydrogens (tertiary/aromatic N) is 4. The number of thiazole rings is 1. The average molecular weight is 474 g/mol. The van der Waals surface area contributed by atoms with E-state index in [1.54, 1.807) is 42.8 Å². The molecule has 32 heavy (non-hydrogen) atoms. The fourth-order valence-electron chi connectivity index (χ4n) is 3.82. The van der Waals surface area contributed by atoms with Crippen LogP contribution in [0.15, 0.2) is 35.4 Å². The minimum absolute atomic E-state index is 0.00810. The van der Waals surface area contributed by atoms with Crippen LogP contribution < -0.4 is 4.72 Å². The van der Waals surface area contributed by atoms with Gasteiger partial charge in [0.05, 0.1) is 11.4 Å². The van der Waals surface area contributed by atoms with E-state index >= 15 is 0 Å². The van der Waals surface area contributed by atoms with Crippen LogP contribution in [-0.4, -0.2) is 46.8 Å². The van der Waals surface area contributed by atoms with Crippen LogP contribution in [0.2, 0.25) is 0 Å². The van der Waals surface area contributed by atoms with Crippen LogP contribution in [-0.2, 0) is 17.1 Å². The van der Waals surface area contributed by atoms with Gasteiger partial charge in [0.25, 0.3) is 15.9 Å². The quantitative estimate of drug-likeness (QED) is 0.607. The van der Waals surface area contributed by atoms with Gasteiger partial charge < -0.3 is 9.47 Å². The lowest BCUT2D eigenvalue weighted by atomic mass is 9.99. The van der Waals surface area contributed by atoms with Crippen LogP contribution in [0.1, 0.15) is 40.8 Å². The van der Waals surface area contributed by atoms with Crippen molar-refractivity contribution in [1.29, 1.82) is 0 Å². The third-order valence-electron chi connectivity index (χ3n) is 5.96. The molecule has 8 nitrogen and oxygen atoms in total. The number of carbonyl (C=O) groups is 1. The maximum absolute atomic E-state index is 13.1. The molecule has 3 aromatic rings. The lowest BCUT2D eigenvalue weighted by molar-refractivity contribution is 0.0701. The molecule has 0 unspecified atom stereocenters. The number of pyridine rings is 1. The van der Waals surface area contributed by atoms with Crippen molar-refractivity contribution >= 4 is 33.1 Å². The molecule has 0 aromatic carbocycles. The molecule has 0 spiro atoms. The highest BCUT2D eigenvalue weighted by Crippen LogP contribution is 2.33. The first-order valence-corrected chi connectivity index (χ1v) is 12.8. The summed E-state index contributed by atoms with van der Waals surface area (Å²) in [4.78, 5) is 24.4. The van der Waals surface area contributed by atoms with Crippen LogP contribution in [0, 0.1) is 19.8 Å². The van der Waals surface area contributed by atoms with Crippen LogP contribution in [0.4, 0.5) is 5.82 Å². The van der Waals surface area contributed by atoms with E-state index in [1.807, 2.05) is 11.8 Å². The summed E-state index contributed by atoms with van der Waals surface area (Å²) in [5, 5.41) is 0.626. The van der Waals surface area contributed by atoms with Crippen molar-refractivity contribution in [3.8, 4) is 10.7 Å². The first kappa shape index (κ1) is 22.5. The molecular weight excluding hydrogens is 446 g/mol. The van der Waals surface area contributed by atoms with Gasteiger partial charge in [-0.3, -0.25) is 9.52 Å². The SMILES string of the molecule is Cc1nc(-c2cc(S(=O)(=O)Nc3ccccn3)c(C)n2C)sc1C(=O)N1CCC(C)CC1. The minimum Gasteiger partial charge on any atom is -0.345 e. The fraction of sp³-hybridized carbons (Fsp3) is 0.409. The molecule has 0 bridgehead atoms. The minimum atomic E-state index is -3.83. The van der Waals surface area contributed by atoms with Crippen LogP contribution in [0.3, 0.4) is 0 Å². The monoisotopic (exact) mass is 473 g/mol. The number of piperidine rings is 1. The van der Waals surface area contributed by atoms with Crippen LogP contribution in [0.5, 0.6) is 0 Å². The molecular formula is C22H27N5O3S2. The van der Waals surface area contributed by atoms with E-state index in [1.165, 1.54) is 17.5 Å². The standard InChI is InChI=1S/C22H27N5O3S2/c1-14-8-11-27(12-9-14)22(28)20-15(2)24-21(31-20)17-13-18(16(3)26(17)4)32(29,30)25-19-7-5-6-10-23-19/h5-7,10,13-14H,8-9,11-12H2,1-4H3,(H,23,25). The van der Waals surface area contributed by atoms with Crippen molar-refractivity contribution in [3.05, 3.63) is 46.7 Å². The molecule has 1 fully saturated rings. The summed E-state index contributed by atoms with van der Waals surface area (Å²) in [7, 11) is -2.03. The molecule has 1 N–H and O–H groups in total. The molecule has 0 saturated carbocycles. The highest BCUT2D eigenvalue weighted by Gasteiger charge is 2.28. The predicted molar refractivity (Wildman–Crippen MR) is 125 cm³/mol. The number of nitrogens with one attached hydrogen (secondary N) is 1. The summed E-state index contributed by atoms with van der Waals surface area (Å²) in [6, 6.07) is 6.64. The molecule has 4 rings (SSSR count). The van der Waals surface area contributed by atoms with Gasteiger partial charge in [-0.05, 0) is 50.8 Å². The third kappa shape index (κ3) is 4.29. The molecule has 0 aliphatic carbocycles. The largest absolute Gasteiger partial charge is 0.345 e. The van der Waals surface area contributed by atoms with Gasteiger partial charge in [-0.2, -0.15) is 0 Å². The number of aromatic nitrogens is 3. The molecule has 3 aromatic heterocycles. The summed E-state index contributed by atoms with van der Waals surface area (Å²) in [5.74, 6) is 0.906. The van der Waals surface area contributed by atoms with Gasteiger partial charge in [-0.25, -0.2) is 18.4 Å². The van der Waals surface area contributed by atoms with Crippen molar-refractivity contribution in [2.24, 2.45) is 13.0 Å². The van der Waals surface area contributed by atoms with Crippen molar-refractivity contribution in [1.82, 2.24) is 19.4 Å². The summed E-state index contributed by atoms with van der Waals surface area (Å²) in [5.41, 5.74) is 1.90. The van der Waals surface area contributed by atoms with Crippen molar-refractivity contribution in [2.75, 3.05) is 17.8 Å².